The lowest BCUT2D eigenvalue weighted by Crippen LogP contribution is -2.38. The third-order valence-corrected chi connectivity index (χ3v) is 2.14. The highest BCUT2D eigenvalue weighted by Gasteiger charge is 2.33. The first-order valence-corrected chi connectivity index (χ1v) is 4.21. The second-order valence-corrected chi connectivity index (χ2v) is 3.28. The van der Waals surface area contributed by atoms with Crippen molar-refractivity contribution in [2.45, 2.75) is 32.2 Å². The molecule has 1 heterocycles. The Kier molecular flexibility index (Phi) is 3.65. The minimum atomic E-state index is -0.756. The number of methoxy groups -OCH3 is 1. The molecule has 0 spiro atoms. The van der Waals surface area contributed by atoms with Gasteiger partial charge in [-0.15, -0.1) is 0 Å². The van der Waals surface area contributed by atoms with Crippen molar-refractivity contribution in [3.63, 3.8) is 0 Å². The summed E-state index contributed by atoms with van der Waals surface area (Å²) in [6.45, 7) is 1.99. The van der Waals surface area contributed by atoms with Crippen LogP contribution in [0.15, 0.2) is 0 Å². The lowest BCUT2D eigenvalue weighted by molar-refractivity contribution is -0.262. The molecule has 5 heteroatoms. The van der Waals surface area contributed by atoms with E-state index in [4.69, 9.17) is 14.7 Å². The van der Waals surface area contributed by atoms with E-state index in [1.807, 2.05) is 6.92 Å². The molecule has 5 nitrogen and oxygen atoms in total. The number of hydrogen-bond donors (Lipinski definition) is 1. The monoisotopic (exact) mass is 190 g/mol. The quantitative estimate of drug-likeness (QED) is 0.515. The van der Waals surface area contributed by atoms with Gasteiger partial charge in [-0.05, 0) is 12.3 Å². The van der Waals surface area contributed by atoms with Gasteiger partial charge in [-0.3, -0.25) is 4.89 Å². The fourth-order valence-electron chi connectivity index (χ4n) is 1.45. The Balaban J connectivity index is 2.51. The average molecular weight is 190 g/mol. The summed E-state index contributed by atoms with van der Waals surface area (Å²) in [5.74, 6) is -0.434. The molecule has 0 bridgehead atoms. The summed E-state index contributed by atoms with van der Waals surface area (Å²) in [4.78, 5) is 14.5. The summed E-state index contributed by atoms with van der Waals surface area (Å²) in [7, 11) is 1.52. The van der Waals surface area contributed by atoms with Crippen molar-refractivity contribution in [1.82, 2.24) is 0 Å². The molecule has 1 N–H and O–H groups in total. The normalized spacial score (nSPS) is 34.2. The number of hydrogen-bond acceptors (Lipinski definition) is 5. The predicted molar refractivity (Wildman–Crippen MR) is 42.8 cm³/mol. The van der Waals surface area contributed by atoms with Gasteiger partial charge in [-0.25, -0.2) is 4.79 Å². The molecule has 1 rings (SSSR count). The maximum Gasteiger partial charge on any atom is 0.370 e. The van der Waals surface area contributed by atoms with E-state index in [1.54, 1.807) is 0 Å². The van der Waals surface area contributed by atoms with Crippen LogP contribution in [0, 0.1) is 5.92 Å². The van der Waals surface area contributed by atoms with E-state index in [0.29, 0.717) is 12.3 Å². The zero-order chi connectivity index (χ0) is 9.84. The molecule has 1 fully saturated rings. The first-order valence-electron chi connectivity index (χ1n) is 4.21. The average Bonchev–Trinajstić information content (AvgIpc) is 2.15. The van der Waals surface area contributed by atoms with Gasteiger partial charge in [0.25, 0.3) is 0 Å². The molecule has 3 atom stereocenters. The van der Waals surface area contributed by atoms with Crippen LogP contribution in [0.1, 0.15) is 19.8 Å². The number of rotatable bonds is 2. The molecule has 13 heavy (non-hydrogen) atoms. The minimum absolute atomic E-state index is 0.322. The Morgan fingerprint density at radius 2 is 2.23 bits per heavy atom. The maximum atomic E-state index is 10.9. The number of ether oxygens (including phenoxy) is 2. The van der Waals surface area contributed by atoms with Crippen LogP contribution in [0.3, 0.4) is 0 Å². The fraction of sp³-hybridized carbons (Fsp3) is 0.875. The number of carbonyl (C=O) groups is 1. The van der Waals surface area contributed by atoms with Crippen molar-refractivity contribution < 1.29 is 24.4 Å². The van der Waals surface area contributed by atoms with E-state index in [2.05, 4.69) is 4.89 Å². The van der Waals surface area contributed by atoms with E-state index in [0.717, 1.165) is 6.42 Å². The molecule has 76 valence electrons. The molecule has 1 aliphatic heterocycles. The van der Waals surface area contributed by atoms with Gasteiger partial charge in [0.15, 0.2) is 12.4 Å². The highest BCUT2D eigenvalue weighted by Crippen LogP contribution is 2.25. The van der Waals surface area contributed by atoms with Crippen LogP contribution in [0.2, 0.25) is 0 Å². The Labute approximate surface area is 76.5 Å². The van der Waals surface area contributed by atoms with Crippen molar-refractivity contribution >= 4 is 5.97 Å². The molecule has 0 radical (unpaired) electrons. The molecule has 3 unspecified atom stereocenters. The molecule has 1 saturated heterocycles. The summed E-state index contributed by atoms with van der Waals surface area (Å²) in [6.07, 6.45) is 0.219. The summed E-state index contributed by atoms with van der Waals surface area (Å²) in [5.41, 5.74) is 0. The highest BCUT2D eigenvalue weighted by atomic mass is 17.1. The van der Waals surface area contributed by atoms with Crippen LogP contribution in [-0.2, 0) is 19.2 Å². The van der Waals surface area contributed by atoms with Crippen molar-refractivity contribution in [3.05, 3.63) is 0 Å². The molecule has 0 aromatic heterocycles. The van der Waals surface area contributed by atoms with Crippen molar-refractivity contribution in [2.24, 2.45) is 5.92 Å². The largest absolute Gasteiger partial charge is 0.370 e. The fourth-order valence-corrected chi connectivity index (χ4v) is 1.45. The van der Waals surface area contributed by atoms with Crippen LogP contribution in [0.5, 0.6) is 0 Å². The van der Waals surface area contributed by atoms with Crippen LogP contribution < -0.4 is 0 Å². The molecule has 0 aromatic carbocycles. The minimum Gasteiger partial charge on any atom is -0.356 e. The van der Waals surface area contributed by atoms with Crippen LogP contribution >= 0.6 is 0 Å². The second kappa shape index (κ2) is 4.55. The predicted octanol–water partition coefficient (Wildman–Crippen LogP) is 0.790. The van der Waals surface area contributed by atoms with Crippen LogP contribution in [0.25, 0.3) is 0 Å². The third-order valence-electron chi connectivity index (χ3n) is 2.14. The van der Waals surface area contributed by atoms with Crippen molar-refractivity contribution in [3.8, 4) is 0 Å². The van der Waals surface area contributed by atoms with Gasteiger partial charge in [-0.1, -0.05) is 6.92 Å². The van der Waals surface area contributed by atoms with Gasteiger partial charge in [0.05, 0.1) is 0 Å². The zero-order valence-corrected chi connectivity index (χ0v) is 7.73. The first-order chi connectivity index (χ1) is 6.17. The van der Waals surface area contributed by atoms with E-state index < -0.39 is 12.1 Å². The third kappa shape index (κ3) is 2.65. The van der Waals surface area contributed by atoms with E-state index in [1.165, 1.54) is 7.11 Å². The summed E-state index contributed by atoms with van der Waals surface area (Å²) >= 11 is 0. The zero-order valence-electron chi connectivity index (χ0n) is 7.73. The number of carbonyl (C=O) groups excluding carboxylic acids is 1. The molecule has 0 aromatic rings. The lowest BCUT2D eigenvalue weighted by Gasteiger charge is -2.30. The molecule has 0 amide bonds. The maximum absolute atomic E-state index is 10.9. The Bertz CT molecular complexity index is 181. The van der Waals surface area contributed by atoms with E-state index >= 15 is 0 Å². The Hall–Kier alpha value is -0.650. The Morgan fingerprint density at radius 3 is 2.77 bits per heavy atom. The van der Waals surface area contributed by atoms with Crippen molar-refractivity contribution in [1.29, 1.82) is 0 Å². The second-order valence-electron chi connectivity index (χ2n) is 3.28. The van der Waals surface area contributed by atoms with Crippen LogP contribution in [-0.4, -0.2) is 30.7 Å². The molecular formula is C8H14O5. The molecule has 0 aliphatic carbocycles. The van der Waals surface area contributed by atoms with Gasteiger partial charge in [0.2, 0.25) is 0 Å². The lowest BCUT2D eigenvalue weighted by atomic mass is 9.97. The van der Waals surface area contributed by atoms with Gasteiger partial charge >= 0.3 is 5.97 Å². The Morgan fingerprint density at radius 1 is 1.54 bits per heavy atom. The topological polar surface area (TPSA) is 65.0 Å². The summed E-state index contributed by atoms with van der Waals surface area (Å²) < 4.78 is 10.2. The first kappa shape index (κ1) is 10.4. The molecule has 1 aliphatic rings. The smallest absolute Gasteiger partial charge is 0.356 e. The summed E-state index contributed by atoms with van der Waals surface area (Å²) in [5, 5.41) is 8.16. The summed E-state index contributed by atoms with van der Waals surface area (Å²) in [6, 6.07) is 0. The van der Waals surface area contributed by atoms with Crippen LogP contribution in [0.4, 0.5) is 0 Å². The molecular weight excluding hydrogens is 176 g/mol. The standard InChI is InChI=1S/C8H14O5/c1-5-3-6(8(9)13-10)12-7(4-5)11-2/h5-7,10H,3-4H2,1-2H3. The SMILES string of the molecule is COC1CC(C)CC(C(=O)OO)O1. The highest BCUT2D eigenvalue weighted by molar-refractivity contribution is 5.74. The van der Waals surface area contributed by atoms with E-state index in [9.17, 15) is 4.79 Å². The van der Waals surface area contributed by atoms with Crippen molar-refractivity contribution in [2.75, 3.05) is 7.11 Å². The van der Waals surface area contributed by atoms with Gasteiger partial charge in [0, 0.05) is 13.5 Å². The van der Waals surface area contributed by atoms with Gasteiger partial charge < -0.3 is 9.47 Å². The van der Waals surface area contributed by atoms with Gasteiger partial charge in [-0.2, -0.15) is 5.26 Å². The van der Waals surface area contributed by atoms with E-state index in [-0.39, 0.29) is 6.29 Å². The van der Waals surface area contributed by atoms with Gasteiger partial charge in [0.1, 0.15) is 0 Å². The molecule has 0 saturated carbocycles.